The van der Waals surface area contributed by atoms with E-state index in [0.29, 0.717) is 16.8 Å². The zero-order valence-corrected chi connectivity index (χ0v) is 12.0. The maximum atomic E-state index is 12.3. The van der Waals surface area contributed by atoms with Crippen molar-refractivity contribution in [2.75, 3.05) is 7.11 Å². The fourth-order valence-corrected chi connectivity index (χ4v) is 2.48. The van der Waals surface area contributed by atoms with Gasteiger partial charge < -0.3 is 9.94 Å². The zero-order chi connectivity index (χ0) is 15.0. The molecule has 1 unspecified atom stereocenters. The molecule has 0 saturated carbocycles. The predicted octanol–water partition coefficient (Wildman–Crippen LogP) is 2.57. The number of fused-ring (bicyclic) bond motifs is 1. The molecule has 1 aliphatic rings. The first kappa shape index (κ1) is 14.5. The summed E-state index contributed by atoms with van der Waals surface area (Å²) in [6.45, 7) is 7.41. The van der Waals surface area contributed by atoms with Crippen LogP contribution in [0, 0.1) is 5.41 Å². The first-order valence-electron chi connectivity index (χ1n) is 6.47. The monoisotopic (exact) mass is 273 g/mol. The summed E-state index contributed by atoms with van der Waals surface area (Å²) in [5.74, 6) is -0.104. The molecule has 0 spiro atoms. The minimum absolute atomic E-state index is 0.0365. The minimum atomic E-state index is -1.43. The van der Waals surface area contributed by atoms with Crippen LogP contribution >= 0.6 is 0 Å². The summed E-state index contributed by atoms with van der Waals surface area (Å²) < 4.78 is 0. The van der Waals surface area contributed by atoms with Gasteiger partial charge in [-0.15, -0.1) is 6.58 Å². The SMILES string of the molecule is C=CC(C)(C)C1(O)CC(=O)c2ccccc2/C1=N\OC. The van der Waals surface area contributed by atoms with Crippen LogP contribution < -0.4 is 0 Å². The van der Waals surface area contributed by atoms with Crippen molar-refractivity contribution in [3.05, 3.63) is 48.0 Å². The van der Waals surface area contributed by atoms with E-state index in [2.05, 4.69) is 11.7 Å². The van der Waals surface area contributed by atoms with E-state index >= 15 is 0 Å². The summed E-state index contributed by atoms with van der Waals surface area (Å²) in [6.07, 6.45) is 1.60. The molecule has 0 heterocycles. The summed E-state index contributed by atoms with van der Waals surface area (Å²) in [5, 5.41) is 15.1. The first-order valence-corrected chi connectivity index (χ1v) is 6.47. The Labute approximate surface area is 118 Å². The number of benzene rings is 1. The van der Waals surface area contributed by atoms with E-state index in [-0.39, 0.29) is 12.2 Å². The lowest BCUT2D eigenvalue weighted by Crippen LogP contribution is -2.55. The van der Waals surface area contributed by atoms with Crippen LogP contribution in [-0.4, -0.2) is 29.3 Å². The third kappa shape index (κ3) is 1.96. The quantitative estimate of drug-likeness (QED) is 0.680. The topological polar surface area (TPSA) is 58.9 Å². The molecule has 0 aliphatic heterocycles. The van der Waals surface area contributed by atoms with Crippen molar-refractivity contribution in [1.29, 1.82) is 0 Å². The Morgan fingerprint density at radius 2 is 2.00 bits per heavy atom. The van der Waals surface area contributed by atoms with Gasteiger partial charge in [-0.05, 0) is 0 Å². The molecule has 20 heavy (non-hydrogen) atoms. The highest BCUT2D eigenvalue weighted by Gasteiger charge is 2.51. The number of Topliss-reactive ketones (excluding diaryl/α,β-unsaturated/α-hetero) is 1. The van der Waals surface area contributed by atoms with Crippen molar-refractivity contribution in [1.82, 2.24) is 0 Å². The molecule has 4 heteroatoms. The molecule has 4 nitrogen and oxygen atoms in total. The van der Waals surface area contributed by atoms with Gasteiger partial charge in [0.1, 0.15) is 18.4 Å². The normalized spacial score (nSPS) is 24.4. The number of nitrogens with zero attached hydrogens (tertiary/aromatic N) is 1. The molecular weight excluding hydrogens is 254 g/mol. The van der Waals surface area contributed by atoms with E-state index in [9.17, 15) is 9.90 Å². The van der Waals surface area contributed by atoms with Crippen LogP contribution in [0.3, 0.4) is 0 Å². The Balaban J connectivity index is 2.72. The molecule has 0 fully saturated rings. The Bertz CT molecular complexity index is 589. The number of rotatable bonds is 3. The van der Waals surface area contributed by atoms with E-state index in [1.54, 1.807) is 24.3 Å². The lowest BCUT2D eigenvalue weighted by molar-refractivity contribution is 0.0119. The van der Waals surface area contributed by atoms with Crippen molar-refractivity contribution in [3.63, 3.8) is 0 Å². The second kappa shape index (κ2) is 4.87. The van der Waals surface area contributed by atoms with Crippen molar-refractivity contribution < 1.29 is 14.7 Å². The number of ketones is 1. The molecule has 0 amide bonds. The highest BCUT2D eigenvalue weighted by atomic mass is 16.6. The van der Waals surface area contributed by atoms with Gasteiger partial charge in [0.25, 0.3) is 0 Å². The Morgan fingerprint density at radius 1 is 1.40 bits per heavy atom. The van der Waals surface area contributed by atoms with Crippen molar-refractivity contribution in [2.45, 2.75) is 25.9 Å². The summed E-state index contributed by atoms with van der Waals surface area (Å²) >= 11 is 0. The van der Waals surface area contributed by atoms with E-state index < -0.39 is 11.0 Å². The largest absolute Gasteiger partial charge is 0.399 e. The molecule has 1 aromatic rings. The molecule has 1 aliphatic carbocycles. The van der Waals surface area contributed by atoms with E-state index in [1.165, 1.54) is 7.11 Å². The lowest BCUT2D eigenvalue weighted by Gasteiger charge is -2.43. The fraction of sp³-hybridized carbons (Fsp3) is 0.375. The van der Waals surface area contributed by atoms with Crippen LogP contribution in [0.15, 0.2) is 42.1 Å². The highest BCUT2D eigenvalue weighted by molar-refractivity contribution is 6.20. The molecule has 1 aromatic carbocycles. The standard InChI is InChI=1S/C16H19NO3/c1-5-15(2,3)16(19)10-13(18)11-8-6-7-9-12(11)14(16)17-20-4/h5-9,19H,1,10H2,2-4H3/b17-14+. The van der Waals surface area contributed by atoms with Gasteiger partial charge in [0.2, 0.25) is 0 Å². The minimum Gasteiger partial charge on any atom is -0.399 e. The Morgan fingerprint density at radius 3 is 2.55 bits per heavy atom. The van der Waals surface area contributed by atoms with Gasteiger partial charge in [0, 0.05) is 23.0 Å². The Kier molecular flexibility index (Phi) is 3.52. The number of carbonyl (C=O) groups is 1. The number of carbonyl (C=O) groups excluding carboxylic acids is 1. The van der Waals surface area contributed by atoms with Crippen LogP contribution in [0.5, 0.6) is 0 Å². The molecule has 0 radical (unpaired) electrons. The molecule has 1 atom stereocenters. The van der Waals surface area contributed by atoms with Crippen molar-refractivity contribution >= 4 is 11.5 Å². The second-order valence-corrected chi connectivity index (χ2v) is 5.55. The fourth-order valence-electron chi connectivity index (χ4n) is 2.48. The second-order valence-electron chi connectivity index (χ2n) is 5.55. The molecule has 1 N–H and O–H groups in total. The maximum Gasteiger partial charge on any atom is 0.166 e. The van der Waals surface area contributed by atoms with Crippen LogP contribution in [0.1, 0.15) is 36.2 Å². The van der Waals surface area contributed by atoms with Gasteiger partial charge in [-0.3, -0.25) is 4.79 Å². The average molecular weight is 273 g/mol. The predicted molar refractivity (Wildman–Crippen MR) is 77.9 cm³/mol. The van der Waals surface area contributed by atoms with Gasteiger partial charge in [0.15, 0.2) is 5.78 Å². The number of oxime groups is 1. The van der Waals surface area contributed by atoms with E-state index in [4.69, 9.17) is 4.84 Å². The summed E-state index contributed by atoms with van der Waals surface area (Å²) in [7, 11) is 1.42. The molecule has 2 rings (SSSR count). The average Bonchev–Trinajstić information content (AvgIpc) is 2.43. The maximum absolute atomic E-state index is 12.3. The third-order valence-corrected chi connectivity index (χ3v) is 4.05. The molecule has 106 valence electrons. The number of aliphatic hydroxyl groups is 1. The van der Waals surface area contributed by atoms with Crippen LogP contribution in [0.2, 0.25) is 0 Å². The van der Waals surface area contributed by atoms with Crippen LogP contribution in [0.25, 0.3) is 0 Å². The van der Waals surface area contributed by atoms with Crippen molar-refractivity contribution in [3.8, 4) is 0 Å². The summed E-state index contributed by atoms with van der Waals surface area (Å²) in [5.41, 5.74) is -0.597. The molecule has 0 saturated heterocycles. The number of hydrogen-bond acceptors (Lipinski definition) is 4. The molecule has 0 bridgehead atoms. The van der Waals surface area contributed by atoms with Crippen molar-refractivity contribution in [2.24, 2.45) is 10.6 Å². The van der Waals surface area contributed by atoms with Gasteiger partial charge in [-0.25, -0.2) is 0 Å². The van der Waals surface area contributed by atoms with Crippen LogP contribution in [-0.2, 0) is 4.84 Å². The smallest absolute Gasteiger partial charge is 0.166 e. The van der Waals surface area contributed by atoms with Gasteiger partial charge in [-0.1, -0.05) is 49.3 Å². The first-order chi connectivity index (χ1) is 9.37. The number of hydrogen-bond donors (Lipinski definition) is 1. The van der Waals surface area contributed by atoms with Gasteiger partial charge in [-0.2, -0.15) is 0 Å². The zero-order valence-electron chi connectivity index (χ0n) is 12.0. The highest BCUT2D eigenvalue weighted by Crippen LogP contribution is 2.42. The molecule has 0 aromatic heterocycles. The lowest BCUT2D eigenvalue weighted by atomic mass is 9.64. The summed E-state index contributed by atoms with van der Waals surface area (Å²) in [6, 6.07) is 7.12. The van der Waals surface area contributed by atoms with Gasteiger partial charge >= 0.3 is 0 Å². The Hall–Kier alpha value is -1.94. The van der Waals surface area contributed by atoms with E-state index in [1.807, 2.05) is 19.9 Å². The molecular formula is C16H19NO3. The summed E-state index contributed by atoms with van der Waals surface area (Å²) in [4.78, 5) is 17.2. The van der Waals surface area contributed by atoms with Crippen LogP contribution in [0.4, 0.5) is 0 Å². The van der Waals surface area contributed by atoms with Gasteiger partial charge in [0.05, 0.1) is 0 Å². The third-order valence-electron chi connectivity index (χ3n) is 4.05. The van der Waals surface area contributed by atoms with E-state index in [0.717, 1.165) is 0 Å².